The number of fused-ring (bicyclic) bond motifs is 4. The van der Waals surface area contributed by atoms with E-state index in [2.05, 4.69) is 5.32 Å². The topological polar surface area (TPSA) is 173 Å². The standard InChI is InChI=1S/C27H29N3O7/c1-29-10-11-4-5-12-7-13-8-14-9-16-20(30(2)3)23(33)19(26(28)36)25(35)27(16,37)24(34)18(14)22(32)17(13)21(31)15(12)6-11/h4-7,14,16,20,29,31,33-34,37H,8-10H2,1-3H3,(H2,28,36)/t14-,16-,20-,27-/m0/s1. The van der Waals surface area contributed by atoms with Crippen LogP contribution in [0.1, 0.15) is 27.9 Å². The highest BCUT2D eigenvalue weighted by molar-refractivity contribution is 6.25. The lowest BCUT2D eigenvalue weighted by Gasteiger charge is -2.50. The lowest BCUT2D eigenvalue weighted by molar-refractivity contribution is -0.148. The summed E-state index contributed by atoms with van der Waals surface area (Å²) < 4.78 is 0. The maximum Gasteiger partial charge on any atom is 0.255 e. The molecule has 3 aliphatic carbocycles. The number of hydrogen-bond donors (Lipinski definition) is 6. The zero-order chi connectivity index (χ0) is 27.0. The second-order valence-corrected chi connectivity index (χ2v) is 10.3. The molecule has 37 heavy (non-hydrogen) atoms. The summed E-state index contributed by atoms with van der Waals surface area (Å²) in [4.78, 5) is 40.7. The molecule has 0 spiro atoms. The highest BCUT2D eigenvalue weighted by atomic mass is 16.3. The van der Waals surface area contributed by atoms with E-state index in [-0.39, 0.29) is 29.7 Å². The first-order valence-corrected chi connectivity index (χ1v) is 12.0. The van der Waals surface area contributed by atoms with Gasteiger partial charge in [0, 0.05) is 23.4 Å². The molecule has 1 amide bonds. The van der Waals surface area contributed by atoms with Gasteiger partial charge in [0.2, 0.25) is 5.78 Å². The average molecular weight is 508 g/mol. The fraction of sp³-hybridized carbons (Fsp3) is 0.370. The molecule has 2 aromatic carbocycles. The summed E-state index contributed by atoms with van der Waals surface area (Å²) in [6.07, 6.45) is 0.321. The van der Waals surface area contributed by atoms with Gasteiger partial charge in [0.15, 0.2) is 11.4 Å². The van der Waals surface area contributed by atoms with Crippen LogP contribution >= 0.6 is 0 Å². The number of allylic oxidation sites excluding steroid dienone is 1. The van der Waals surface area contributed by atoms with Gasteiger partial charge in [-0.2, -0.15) is 0 Å². The number of nitrogens with zero attached hydrogens (tertiary/aromatic N) is 1. The molecule has 10 nitrogen and oxygen atoms in total. The van der Waals surface area contributed by atoms with E-state index in [0.717, 1.165) is 10.9 Å². The van der Waals surface area contributed by atoms with Crippen molar-refractivity contribution in [2.24, 2.45) is 17.6 Å². The molecular formula is C27H29N3O7. The Morgan fingerprint density at radius 2 is 1.89 bits per heavy atom. The predicted octanol–water partition coefficient (Wildman–Crippen LogP) is 0.993. The predicted molar refractivity (Wildman–Crippen MR) is 134 cm³/mol. The number of amides is 1. The highest BCUT2D eigenvalue weighted by Crippen LogP contribution is 2.52. The molecule has 194 valence electrons. The quantitative estimate of drug-likeness (QED) is 0.330. The first kappa shape index (κ1) is 24.9. The SMILES string of the molecule is CNCc1ccc2cc3c(c(O)c2c1)C(=O)C1=C(O)[C@]2(O)C(=O)C(C(N)=O)=C(O)[C@@H](N(C)C)[C@@H]2C[C@@H]1C3. The fourth-order valence-corrected chi connectivity index (χ4v) is 6.38. The number of phenols is 1. The van der Waals surface area contributed by atoms with Crippen LogP contribution in [0.4, 0.5) is 0 Å². The summed E-state index contributed by atoms with van der Waals surface area (Å²) in [5.41, 5.74) is 3.22. The lowest BCUT2D eigenvalue weighted by atomic mass is 9.58. The number of aromatic hydroxyl groups is 1. The number of primary amides is 1. The van der Waals surface area contributed by atoms with Gasteiger partial charge >= 0.3 is 0 Å². The van der Waals surface area contributed by atoms with Crippen LogP contribution in [-0.2, 0) is 22.6 Å². The van der Waals surface area contributed by atoms with E-state index in [9.17, 15) is 34.8 Å². The molecule has 0 aromatic heterocycles. The highest BCUT2D eigenvalue weighted by Gasteiger charge is 2.63. The van der Waals surface area contributed by atoms with E-state index in [0.29, 0.717) is 17.5 Å². The summed E-state index contributed by atoms with van der Waals surface area (Å²) >= 11 is 0. The number of benzene rings is 2. The fourth-order valence-electron chi connectivity index (χ4n) is 6.38. The van der Waals surface area contributed by atoms with Crippen molar-refractivity contribution in [1.29, 1.82) is 0 Å². The van der Waals surface area contributed by atoms with Gasteiger partial charge in [-0.05, 0) is 62.5 Å². The maximum absolute atomic E-state index is 13.8. The smallest absolute Gasteiger partial charge is 0.255 e. The van der Waals surface area contributed by atoms with Crippen LogP contribution in [0, 0.1) is 11.8 Å². The molecule has 10 heteroatoms. The summed E-state index contributed by atoms with van der Waals surface area (Å²) in [6, 6.07) is 6.39. The number of carbonyl (C=O) groups excluding carboxylic acids is 3. The second-order valence-electron chi connectivity index (χ2n) is 10.3. The van der Waals surface area contributed by atoms with Crippen molar-refractivity contribution in [3.8, 4) is 5.75 Å². The number of nitrogens with one attached hydrogen (secondary N) is 1. The summed E-state index contributed by atoms with van der Waals surface area (Å²) in [5, 5.41) is 49.2. The molecule has 5 rings (SSSR count). The molecule has 0 radical (unpaired) electrons. The van der Waals surface area contributed by atoms with E-state index in [4.69, 9.17) is 5.73 Å². The molecule has 3 aliphatic rings. The zero-order valence-corrected chi connectivity index (χ0v) is 20.7. The summed E-state index contributed by atoms with van der Waals surface area (Å²) in [5.74, 6) is -6.51. The van der Waals surface area contributed by atoms with Gasteiger partial charge in [0.05, 0.1) is 11.6 Å². The molecule has 2 aromatic rings. The van der Waals surface area contributed by atoms with Crippen molar-refractivity contribution in [2.75, 3.05) is 21.1 Å². The number of hydrogen-bond acceptors (Lipinski definition) is 9. The van der Waals surface area contributed by atoms with Crippen molar-refractivity contribution in [2.45, 2.75) is 31.0 Å². The molecule has 0 bridgehead atoms. The van der Waals surface area contributed by atoms with Crippen LogP contribution in [-0.4, -0.2) is 75.6 Å². The van der Waals surface area contributed by atoms with Crippen LogP contribution in [0.25, 0.3) is 10.8 Å². The van der Waals surface area contributed by atoms with E-state index in [1.807, 2.05) is 18.2 Å². The van der Waals surface area contributed by atoms with Gasteiger partial charge in [0.25, 0.3) is 5.91 Å². The Morgan fingerprint density at radius 1 is 1.19 bits per heavy atom. The number of Topliss-reactive ketones (excluding diaryl/α,β-unsaturated/α-hetero) is 2. The van der Waals surface area contributed by atoms with E-state index >= 15 is 0 Å². The zero-order valence-electron chi connectivity index (χ0n) is 20.7. The van der Waals surface area contributed by atoms with Crippen molar-refractivity contribution in [1.82, 2.24) is 10.2 Å². The largest absolute Gasteiger partial charge is 0.510 e. The molecule has 0 unspecified atom stereocenters. The van der Waals surface area contributed by atoms with Crippen molar-refractivity contribution < 1.29 is 34.8 Å². The Bertz CT molecular complexity index is 1460. The van der Waals surface area contributed by atoms with Crippen molar-refractivity contribution >= 4 is 28.2 Å². The number of ketones is 2. The van der Waals surface area contributed by atoms with Crippen LogP contribution in [0.5, 0.6) is 5.75 Å². The number of nitrogens with two attached hydrogens (primary N) is 1. The molecule has 0 saturated carbocycles. The third-order valence-electron chi connectivity index (χ3n) is 7.97. The molecule has 0 aliphatic heterocycles. The first-order chi connectivity index (χ1) is 17.4. The Balaban J connectivity index is 1.71. The third kappa shape index (κ3) is 3.33. The second kappa shape index (κ2) is 8.41. The Labute approximate surface area is 212 Å². The third-order valence-corrected chi connectivity index (χ3v) is 7.97. The summed E-state index contributed by atoms with van der Waals surface area (Å²) in [7, 11) is 4.99. The monoisotopic (exact) mass is 507 g/mol. The number of aliphatic hydroxyl groups is 3. The van der Waals surface area contributed by atoms with Gasteiger partial charge in [-0.15, -0.1) is 0 Å². The molecule has 7 N–H and O–H groups in total. The number of likely N-dealkylation sites (N-methyl/N-ethyl adjacent to an activating group) is 1. The van der Waals surface area contributed by atoms with Gasteiger partial charge < -0.3 is 31.5 Å². The van der Waals surface area contributed by atoms with E-state index in [1.54, 1.807) is 27.2 Å². The number of rotatable bonds is 4. The number of carbonyl (C=O) groups is 3. The molecule has 4 atom stereocenters. The number of phenolic OH excluding ortho intramolecular Hbond substituents is 1. The van der Waals surface area contributed by atoms with E-state index < -0.39 is 58.0 Å². The van der Waals surface area contributed by atoms with Crippen LogP contribution in [0.15, 0.2) is 46.9 Å². The number of aliphatic hydroxyl groups excluding tert-OH is 2. The van der Waals surface area contributed by atoms with Crippen molar-refractivity contribution in [3.63, 3.8) is 0 Å². The van der Waals surface area contributed by atoms with Gasteiger partial charge in [-0.25, -0.2) is 0 Å². The van der Waals surface area contributed by atoms with Gasteiger partial charge in [-0.1, -0.05) is 18.2 Å². The lowest BCUT2D eigenvalue weighted by Crippen LogP contribution is -2.63. The Kier molecular flexibility index (Phi) is 5.67. The van der Waals surface area contributed by atoms with Crippen LogP contribution in [0.2, 0.25) is 0 Å². The van der Waals surface area contributed by atoms with Crippen LogP contribution < -0.4 is 11.1 Å². The minimum atomic E-state index is -2.64. The molecular weight excluding hydrogens is 478 g/mol. The van der Waals surface area contributed by atoms with Crippen LogP contribution in [0.3, 0.4) is 0 Å². The molecule has 0 heterocycles. The molecule has 0 saturated heterocycles. The normalized spacial score (nSPS) is 27.4. The molecule has 0 fully saturated rings. The van der Waals surface area contributed by atoms with E-state index in [1.165, 1.54) is 4.90 Å². The Hall–Kier alpha value is -3.73. The van der Waals surface area contributed by atoms with Crippen molar-refractivity contribution in [3.05, 3.63) is 63.6 Å². The summed E-state index contributed by atoms with van der Waals surface area (Å²) in [6.45, 7) is 0.556. The first-order valence-electron chi connectivity index (χ1n) is 12.0. The average Bonchev–Trinajstić information content (AvgIpc) is 2.81. The minimum Gasteiger partial charge on any atom is -0.510 e. The van der Waals surface area contributed by atoms with Gasteiger partial charge in [0.1, 0.15) is 22.8 Å². The minimum absolute atomic E-state index is 0.00916. The van der Waals surface area contributed by atoms with Gasteiger partial charge in [-0.3, -0.25) is 19.3 Å². The maximum atomic E-state index is 13.8. The Morgan fingerprint density at radius 3 is 2.51 bits per heavy atom.